The molecular formula is C14H21ClN2O3S. The molecule has 0 saturated heterocycles. The summed E-state index contributed by atoms with van der Waals surface area (Å²) in [4.78, 5) is 11.4. The third kappa shape index (κ3) is 4.98. The fraction of sp³-hybridized carbons (Fsp3) is 0.500. The number of hydrogen-bond acceptors (Lipinski definition) is 3. The van der Waals surface area contributed by atoms with Gasteiger partial charge >= 0.3 is 0 Å². The number of halogens is 1. The van der Waals surface area contributed by atoms with Gasteiger partial charge in [0.1, 0.15) is 0 Å². The summed E-state index contributed by atoms with van der Waals surface area (Å²) in [6.07, 6.45) is 0.645. The molecular weight excluding hydrogens is 312 g/mol. The number of sulfonamides is 1. The predicted octanol–water partition coefficient (Wildman–Crippen LogP) is 2.23. The van der Waals surface area contributed by atoms with Crippen molar-refractivity contribution in [3.05, 3.63) is 28.8 Å². The highest BCUT2D eigenvalue weighted by molar-refractivity contribution is 7.89. The minimum absolute atomic E-state index is 0.124. The molecule has 5 nitrogen and oxygen atoms in total. The number of hydrogen-bond donors (Lipinski definition) is 2. The van der Waals surface area contributed by atoms with Crippen molar-refractivity contribution in [3.8, 4) is 0 Å². The highest BCUT2D eigenvalue weighted by Crippen LogP contribution is 2.24. The van der Waals surface area contributed by atoms with Gasteiger partial charge in [-0.25, -0.2) is 13.1 Å². The molecule has 0 spiro atoms. The van der Waals surface area contributed by atoms with Crippen molar-refractivity contribution in [2.24, 2.45) is 0 Å². The lowest BCUT2D eigenvalue weighted by atomic mass is 10.00. The van der Waals surface area contributed by atoms with Crippen LogP contribution in [0.15, 0.2) is 23.1 Å². The van der Waals surface area contributed by atoms with Crippen LogP contribution in [0.1, 0.15) is 32.3 Å². The van der Waals surface area contributed by atoms with Crippen molar-refractivity contribution >= 4 is 27.5 Å². The van der Waals surface area contributed by atoms with Crippen molar-refractivity contribution in [2.45, 2.75) is 44.0 Å². The van der Waals surface area contributed by atoms with Gasteiger partial charge in [0.25, 0.3) is 0 Å². The van der Waals surface area contributed by atoms with Crippen LogP contribution in [0.2, 0.25) is 5.02 Å². The van der Waals surface area contributed by atoms with E-state index in [-0.39, 0.29) is 17.2 Å². The van der Waals surface area contributed by atoms with Gasteiger partial charge < -0.3 is 5.32 Å². The second kappa shape index (κ2) is 6.77. The Morgan fingerprint density at radius 3 is 2.52 bits per heavy atom. The van der Waals surface area contributed by atoms with Crippen LogP contribution >= 0.6 is 11.6 Å². The Bertz CT molecular complexity index is 627. The average Bonchev–Trinajstić information content (AvgIpc) is 2.37. The lowest BCUT2D eigenvalue weighted by Gasteiger charge is -2.26. The lowest BCUT2D eigenvalue weighted by Crippen LogP contribution is -2.44. The summed E-state index contributed by atoms with van der Waals surface area (Å²) < 4.78 is 27.6. The van der Waals surface area contributed by atoms with Gasteiger partial charge in [-0.15, -0.1) is 0 Å². The third-order valence-corrected chi connectivity index (χ3v) is 5.43. The first kappa shape index (κ1) is 17.9. The van der Waals surface area contributed by atoms with E-state index in [4.69, 9.17) is 11.6 Å². The van der Waals surface area contributed by atoms with Crippen LogP contribution in [-0.2, 0) is 14.8 Å². The fourth-order valence-electron chi connectivity index (χ4n) is 1.90. The first-order chi connectivity index (χ1) is 9.59. The molecule has 0 saturated carbocycles. The molecule has 0 fully saturated rings. The molecule has 1 rings (SSSR count). The molecule has 118 valence electrons. The number of nitrogens with one attached hydrogen (secondary N) is 2. The molecule has 0 atom stereocenters. The Balaban J connectivity index is 2.94. The zero-order chi connectivity index (χ0) is 16.3. The Morgan fingerprint density at radius 1 is 1.33 bits per heavy atom. The van der Waals surface area contributed by atoms with E-state index >= 15 is 0 Å². The van der Waals surface area contributed by atoms with Gasteiger partial charge in [-0.05, 0) is 44.9 Å². The van der Waals surface area contributed by atoms with Crippen molar-refractivity contribution in [3.63, 3.8) is 0 Å². The van der Waals surface area contributed by atoms with Gasteiger partial charge in [0.15, 0.2) is 0 Å². The first-order valence-corrected chi connectivity index (χ1v) is 8.45. The third-order valence-electron chi connectivity index (χ3n) is 3.17. The van der Waals surface area contributed by atoms with Crippen molar-refractivity contribution in [1.82, 2.24) is 10.0 Å². The molecule has 0 unspecified atom stereocenters. The molecule has 0 aliphatic carbocycles. The molecule has 7 heteroatoms. The second-order valence-corrected chi connectivity index (χ2v) is 7.58. The average molecular weight is 333 g/mol. The number of benzene rings is 1. The van der Waals surface area contributed by atoms with Crippen LogP contribution in [0, 0.1) is 6.92 Å². The van der Waals surface area contributed by atoms with E-state index in [1.165, 1.54) is 6.07 Å². The normalized spacial score (nSPS) is 12.2. The maximum absolute atomic E-state index is 12.5. The van der Waals surface area contributed by atoms with E-state index in [0.29, 0.717) is 17.0 Å². The maximum Gasteiger partial charge on any atom is 0.241 e. The summed E-state index contributed by atoms with van der Waals surface area (Å²) in [6, 6.07) is 4.76. The topological polar surface area (TPSA) is 75.3 Å². The largest absolute Gasteiger partial charge is 0.359 e. The Kier molecular flexibility index (Phi) is 5.78. The summed E-state index contributed by atoms with van der Waals surface area (Å²) in [5.41, 5.74) is -0.228. The van der Waals surface area contributed by atoms with Gasteiger partial charge in [-0.2, -0.15) is 0 Å². The van der Waals surface area contributed by atoms with Gasteiger partial charge in [0, 0.05) is 24.0 Å². The molecule has 0 aromatic heterocycles. The molecule has 21 heavy (non-hydrogen) atoms. The van der Waals surface area contributed by atoms with Gasteiger partial charge in [-0.3, -0.25) is 4.79 Å². The first-order valence-electron chi connectivity index (χ1n) is 6.59. The quantitative estimate of drug-likeness (QED) is 0.838. The Morgan fingerprint density at radius 2 is 1.95 bits per heavy atom. The number of amides is 1. The van der Waals surface area contributed by atoms with E-state index in [0.717, 1.165) is 0 Å². The molecule has 2 N–H and O–H groups in total. The lowest BCUT2D eigenvalue weighted by molar-refractivity contribution is -0.120. The number of rotatable bonds is 6. The van der Waals surface area contributed by atoms with Gasteiger partial charge in [-0.1, -0.05) is 17.7 Å². The maximum atomic E-state index is 12.5. The van der Waals surface area contributed by atoms with Gasteiger partial charge in [0.2, 0.25) is 15.9 Å². The Labute approximate surface area is 131 Å². The van der Waals surface area contributed by atoms with E-state index in [1.54, 1.807) is 40.0 Å². The standard InChI is InChI=1S/C14H21ClN2O3S/c1-10-11(15)6-5-7-12(10)21(19,20)17-14(2,3)9-8-13(18)16-4/h5-7,17H,8-9H2,1-4H3,(H,16,18). The van der Waals surface area contributed by atoms with Crippen LogP contribution in [0.5, 0.6) is 0 Å². The fourth-order valence-corrected chi connectivity index (χ4v) is 3.84. The Hall–Kier alpha value is -1.11. The van der Waals surface area contributed by atoms with Crippen molar-refractivity contribution < 1.29 is 13.2 Å². The summed E-state index contributed by atoms with van der Waals surface area (Å²) in [5.74, 6) is -0.124. The minimum atomic E-state index is -3.69. The van der Waals surface area contributed by atoms with Crippen molar-refractivity contribution in [1.29, 1.82) is 0 Å². The number of carbonyl (C=O) groups excluding carboxylic acids is 1. The molecule has 0 heterocycles. The summed E-state index contributed by atoms with van der Waals surface area (Å²) in [7, 11) is -2.14. The SMILES string of the molecule is CNC(=O)CCC(C)(C)NS(=O)(=O)c1cccc(Cl)c1C. The van der Waals surface area contributed by atoms with Crippen LogP contribution in [0.3, 0.4) is 0 Å². The molecule has 0 radical (unpaired) electrons. The van der Waals surface area contributed by atoms with E-state index in [9.17, 15) is 13.2 Å². The van der Waals surface area contributed by atoms with E-state index in [1.807, 2.05) is 0 Å². The van der Waals surface area contributed by atoms with Crippen LogP contribution in [0.25, 0.3) is 0 Å². The van der Waals surface area contributed by atoms with Crippen LogP contribution in [-0.4, -0.2) is 26.9 Å². The summed E-state index contributed by atoms with van der Waals surface area (Å²) >= 11 is 5.97. The number of carbonyl (C=O) groups is 1. The zero-order valence-electron chi connectivity index (χ0n) is 12.7. The molecule has 1 amide bonds. The second-order valence-electron chi connectivity index (χ2n) is 5.53. The van der Waals surface area contributed by atoms with E-state index < -0.39 is 15.6 Å². The van der Waals surface area contributed by atoms with Gasteiger partial charge in [0.05, 0.1) is 4.90 Å². The molecule has 0 bridgehead atoms. The monoisotopic (exact) mass is 332 g/mol. The van der Waals surface area contributed by atoms with E-state index in [2.05, 4.69) is 10.0 Å². The molecule has 1 aromatic rings. The molecule has 1 aromatic carbocycles. The summed E-state index contributed by atoms with van der Waals surface area (Å²) in [6.45, 7) is 5.15. The smallest absolute Gasteiger partial charge is 0.241 e. The molecule has 0 aliphatic rings. The molecule has 0 aliphatic heterocycles. The highest BCUT2D eigenvalue weighted by atomic mass is 35.5. The van der Waals surface area contributed by atoms with Crippen molar-refractivity contribution in [2.75, 3.05) is 7.05 Å². The highest BCUT2D eigenvalue weighted by Gasteiger charge is 2.28. The minimum Gasteiger partial charge on any atom is -0.359 e. The predicted molar refractivity (Wildman–Crippen MR) is 83.9 cm³/mol. The zero-order valence-corrected chi connectivity index (χ0v) is 14.2. The summed E-state index contributed by atoms with van der Waals surface area (Å²) in [5, 5.41) is 2.92. The van der Waals surface area contributed by atoms with Crippen LogP contribution < -0.4 is 10.0 Å². The van der Waals surface area contributed by atoms with Crippen LogP contribution in [0.4, 0.5) is 0 Å².